The Morgan fingerprint density at radius 2 is 2.00 bits per heavy atom. The number of hydrogen-bond acceptors (Lipinski definition) is 1. The molecule has 0 heterocycles. The number of allylic oxidation sites excluding steroid dienone is 1. The van der Waals surface area contributed by atoms with Gasteiger partial charge in [0.05, 0.1) is 0 Å². The van der Waals surface area contributed by atoms with Crippen LogP contribution in [-0.4, -0.2) is 6.54 Å². The van der Waals surface area contributed by atoms with E-state index in [1.165, 1.54) is 12.8 Å². The van der Waals surface area contributed by atoms with Crippen molar-refractivity contribution in [3.05, 3.63) is 12.3 Å². The summed E-state index contributed by atoms with van der Waals surface area (Å²) in [4.78, 5) is 0. The summed E-state index contributed by atoms with van der Waals surface area (Å²) >= 11 is 0. The van der Waals surface area contributed by atoms with Crippen LogP contribution in [0.5, 0.6) is 0 Å². The highest BCUT2D eigenvalue weighted by atomic mass is 14.8. The van der Waals surface area contributed by atoms with E-state index in [4.69, 9.17) is 0 Å². The lowest BCUT2D eigenvalue weighted by Crippen LogP contribution is -2.29. The highest BCUT2D eigenvalue weighted by Crippen LogP contribution is 2.31. The first-order chi connectivity index (χ1) is 6.04. The molecule has 1 N–H and O–H groups in total. The maximum Gasteiger partial charge on any atom is 0.0172 e. The van der Waals surface area contributed by atoms with Crippen LogP contribution < -0.4 is 5.32 Å². The van der Waals surface area contributed by atoms with Crippen LogP contribution in [-0.2, 0) is 0 Å². The van der Waals surface area contributed by atoms with Gasteiger partial charge in [-0.05, 0) is 30.9 Å². The Labute approximate surface area is 83.6 Å². The molecule has 1 heteroatoms. The molecule has 0 aromatic carbocycles. The van der Waals surface area contributed by atoms with Crippen molar-refractivity contribution in [2.45, 2.75) is 47.5 Å². The third-order valence-electron chi connectivity index (χ3n) is 2.94. The van der Waals surface area contributed by atoms with Crippen molar-refractivity contribution < 1.29 is 0 Å². The van der Waals surface area contributed by atoms with Gasteiger partial charge >= 0.3 is 0 Å². The van der Waals surface area contributed by atoms with Crippen LogP contribution in [0.15, 0.2) is 12.3 Å². The minimum Gasteiger partial charge on any atom is -0.391 e. The van der Waals surface area contributed by atoms with Crippen molar-refractivity contribution >= 4 is 0 Å². The molecule has 1 atom stereocenters. The van der Waals surface area contributed by atoms with Crippen LogP contribution in [0.4, 0.5) is 0 Å². The zero-order valence-electron chi connectivity index (χ0n) is 9.85. The summed E-state index contributed by atoms with van der Waals surface area (Å²) < 4.78 is 0. The van der Waals surface area contributed by atoms with Crippen molar-refractivity contribution in [1.82, 2.24) is 5.32 Å². The minimum atomic E-state index is 0.462. The van der Waals surface area contributed by atoms with Crippen molar-refractivity contribution in [3.8, 4) is 0 Å². The standard InChI is InChI=1S/C12H25N/c1-6-8-12(4,5)11(3)10-13-9-7-2/h7,9,11,13H,6,8,10H2,1-5H3/b9-7-. The Morgan fingerprint density at radius 3 is 2.46 bits per heavy atom. The van der Waals surface area contributed by atoms with Crippen LogP contribution in [0.2, 0.25) is 0 Å². The van der Waals surface area contributed by atoms with Gasteiger partial charge in [0.15, 0.2) is 0 Å². The molecule has 0 saturated heterocycles. The summed E-state index contributed by atoms with van der Waals surface area (Å²) in [6, 6.07) is 0. The van der Waals surface area contributed by atoms with Gasteiger partial charge in [-0.2, -0.15) is 0 Å². The molecule has 78 valence electrons. The van der Waals surface area contributed by atoms with Gasteiger partial charge in [-0.15, -0.1) is 0 Å². The Kier molecular flexibility index (Phi) is 5.85. The number of rotatable bonds is 6. The number of hydrogen-bond donors (Lipinski definition) is 1. The molecule has 0 radical (unpaired) electrons. The molecule has 13 heavy (non-hydrogen) atoms. The van der Waals surface area contributed by atoms with Crippen LogP contribution in [0.1, 0.15) is 47.5 Å². The van der Waals surface area contributed by atoms with Crippen LogP contribution in [0.25, 0.3) is 0 Å². The Hall–Kier alpha value is -0.460. The zero-order valence-corrected chi connectivity index (χ0v) is 9.85. The predicted molar refractivity (Wildman–Crippen MR) is 60.7 cm³/mol. The highest BCUT2D eigenvalue weighted by Gasteiger charge is 2.23. The van der Waals surface area contributed by atoms with Crippen molar-refractivity contribution in [3.63, 3.8) is 0 Å². The Morgan fingerprint density at radius 1 is 1.38 bits per heavy atom. The quantitative estimate of drug-likeness (QED) is 0.664. The largest absolute Gasteiger partial charge is 0.391 e. The molecule has 0 fully saturated rings. The Balaban J connectivity index is 3.85. The van der Waals surface area contributed by atoms with Gasteiger partial charge in [0.1, 0.15) is 0 Å². The molecule has 0 aliphatic carbocycles. The molecule has 1 unspecified atom stereocenters. The average molecular weight is 183 g/mol. The van der Waals surface area contributed by atoms with E-state index in [2.05, 4.69) is 33.0 Å². The summed E-state index contributed by atoms with van der Waals surface area (Å²) in [5.74, 6) is 0.726. The summed E-state index contributed by atoms with van der Waals surface area (Å²) in [6.45, 7) is 12.4. The monoisotopic (exact) mass is 183 g/mol. The molecule has 0 rings (SSSR count). The third kappa shape index (κ3) is 4.97. The topological polar surface area (TPSA) is 12.0 Å². The summed E-state index contributed by atoms with van der Waals surface area (Å²) in [6.07, 6.45) is 6.66. The van der Waals surface area contributed by atoms with Gasteiger partial charge in [-0.3, -0.25) is 0 Å². The van der Waals surface area contributed by atoms with E-state index in [9.17, 15) is 0 Å². The maximum absolute atomic E-state index is 3.32. The average Bonchev–Trinajstić information content (AvgIpc) is 2.04. The van der Waals surface area contributed by atoms with Gasteiger partial charge in [0, 0.05) is 6.54 Å². The fraction of sp³-hybridized carbons (Fsp3) is 0.833. The molecule has 0 aromatic heterocycles. The lowest BCUT2D eigenvalue weighted by atomic mass is 9.76. The van der Waals surface area contributed by atoms with Crippen molar-refractivity contribution in [2.75, 3.05) is 6.54 Å². The molecule has 1 nitrogen and oxygen atoms in total. The SMILES string of the molecule is C/C=C\NCC(C)C(C)(C)CCC. The number of nitrogens with one attached hydrogen (secondary N) is 1. The van der Waals surface area contributed by atoms with Crippen LogP contribution in [0.3, 0.4) is 0 Å². The van der Waals surface area contributed by atoms with E-state index >= 15 is 0 Å². The summed E-state index contributed by atoms with van der Waals surface area (Å²) in [5, 5.41) is 3.32. The van der Waals surface area contributed by atoms with Gasteiger partial charge < -0.3 is 5.32 Å². The highest BCUT2D eigenvalue weighted by molar-refractivity contribution is 4.80. The van der Waals surface area contributed by atoms with E-state index in [1.54, 1.807) is 0 Å². The molecular weight excluding hydrogens is 158 g/mol. The van der Waals surface area contributed by atoms with E-state index in [1.807, 2.05) is 19.2 Å². The van der Waals surface area contributed by atoms with E-state index in [0.29, 0.717) is 5.41 Å². The molecule has 0 bridgehead atoms. The molecule has 0 amide bonds. The first-order valence-corrected chi connectivity index (χ1v) is 5.39. The van der Waals surface area contributed by atoms with E-state index in [0.717, 1.165) is 12.5 Å². The van der Waals surface area contributed by atoms with Crippen LogP contribution in [0, 0.1) is 11.3 Å². The first kappa shape index (κ1) is 12.5. The van der Waals surface area contributed by atoms with Crippen molar-refractivity contribution in [2.24, 2.45) is 11.3 Å². The molecule has 0 aromatic rings. The molecule has 0 spiro atoms. The second kappa shape index (κ2) is 6.06. The fourth-order valence-corrected chi connectivity index (χ4v) is 1.53. The van der Waals surface area contributed by atoms with E-state index < -0.39 is 0 Å². The smallest absolute Gasteiger partial charge is 0.0172 e. The summed E-state index contributed by atoms with van der Waals surface area (Å²) in [5.41, 5.74) is 0.462. The molecule has 0 saturated carbocycles. The third-order valence-corrected chi connectivity index (χ3v) is 2.94. The van der Waals surface area contributed by atoms with E-state index in [-0.39, 0.29) is 0 Å². The van der Waals surface area contributed by atoms with Gasteiger partial charge in [0.25, 0.3) is 0 Å². The summed E-state index contributed by atoms with van der Waals surface area (Å²) in [7, 11) is 0. The van der Waals surface area contributed by atoms with Gasteiger partial charge in [0.2, 0.25) is 0 Å². The second-order valence-electron chi connectivity index (χ2n) is 4.55. The second-order valence-corrected chi connectivity index (χ2v) is 4.55. The lowest BCUT2D eigenvalue weighted by Gasteiger charge is -2.31. The van der Waals surface area contributed by atoms with Crippen LogP contribution >= 0.6 is 0 Å². The molecule has 0 aliphatic rings. The lowest BCUT2D eigenvalue weighted by molar-refractivity contribution is 0.209. The van der Waals surface area contributed by atoms with Gasteiger partial charge in [-0.25, -0.2) is 0 Å². The zero-order chi connectivity index (χ0) is 10.3. The molecular formula is C12H25N. The van der Waals surface area contributed by atoms with Crippen molar-refractivity contribution in [1.29, 1.82) is 0 Å². The fourth-order valence-electron chi connectivity index (χ4n) is 1.53. The predicted octanol–water partition coefficient (Wildman–Crippen LogP) is 3.57. The van der Waals surface area contributed by atoms with Gasteiger partial charge in [-0.1, -0.05) is 40.2 Å². The molecule has 0 aliphatic heterocycles. The Bertz CT molecular complexity index is 147. The maximum atomic E-state index is 3.32. The minimum absolute atomic E-state index is 0.462. The first-order valence-electron chi connectivity index (χ1n) is 5.39. The normalized spacial score (nSPS) is 14.8.